The predicted octanol–water partition coefficient (Wildman–Crippen LogP) is 2.27. The Balaban J connectivity index is 2.87. The van der Waals surface area contributed by atoms with Gasteiger partial charge in [0.25, 0.3) is 0 Å². The van der Waals surface area contributed by atoms with Crippen molar-refractivity contribution in [3.05, 3.63) is 23.8 Å². The summed E-state index contributed by atoms with van der Waals surface area (Å²) in [6, 6.07) is 0.918. The van der Waals surface area contributed by atoms with Gasteiger partial charge >= 0.3 is 12.1 Å². The molecule has 0 unspecified atom stereocenters. The van der Waals surface area contributed by atoms with Gasteiger partial charge in [0.1, 0.15) is 11.3 Å². The number of nitrogens with one attached hydrogen (secondary N) is 1. The summed E-state index contributed by atoms with van der Waals surface area (Å²) in [7, 11) is 0. The van der Waals surface area contributed by atoms with E-state index in [1.54, 1.807) is 20.8 Å². The Kier molecular flexibility index (Phi) is 3.85. The Morgan fingerprint density at radius 1 is 1.44 bits per heavy atom. The van der Waals surface area contributed by atoms with Crippen molar-refractivity contribution in [2.24, 2.45) is 0 Å². The zero-order valence-corrected chi connectivity index (χ0v) is 10.2. The van der Waals surface area contributed by atoms with E-state index in [-0.39, 0.29) is 11.4 Å². The molecule has 1 amide bonds. The number of carbonyl (C=O) groups excluding carboxylic acids is 1. The highest BCUT2D eigenvalue weighted by atomic mass is 19.1. The molecule has 0 saturated heterocycles. The number of anilines is 1. The molecule has 1 rings (SSSR count). The van der Waals surface area contributed by atoms with Gasteiger partial charge in [-0.3, -0.25) is 5.32 Å². The van der Waals surface area contributed by atoms with E-state index in [0.29, 0.717) is 0 Å². The molecule has 18 heavy (non-hydrogen) atoms. The molecule has 98 valence electrons. The molecular formula is C11H13FN2O4. The van der Waals surface area contributed by atoms with Gasteiger partial charge in [-0.1, -0.05) is 0 Å². The van der Waals surface area contributed by atoms with Gasteiger partial charge in [-0.15, -0.1) is 0 Å². The summed E-state index contributed by atoms with van der Waals surface area (Å²) < 4.78 is 18.2. The second-order valence-corrected chi connectivity index (χ2v) is 4.48. The van der Waals surface area contributed by atoms with Crippen LogP contribution in [-0.2, 0) is 4.74 Å². The average molecular weight is 256 g/mol. The number of ether oxygens (including phenoxy) is 1. The molecule has 0 fully saturated rings. The molecule has 0 aliphatic rings. The monoisotopic (exact) mass is 256 g/mol. The summed E-state index contributed by atoms with van der Waals surface area (Å²) >= 11 is 0. The summed E-state index contributed by atoms with van der Waals surface area (Å²) in [5, 5.41) is 10.8. The van der Waals surface area contributed by atoms with E-state index in [1.807, 2.05) is 0 Å². The first-order chi connectivity index (χ1) is 8.19. The fraction of sp³-hybridized carbons (Fsp3) is 0.364. The topological polar surface area (TPSA) is 88.5 Å². The Hall–Kier alpha value is -2.18. The molecule has 0 aromatic carbocycles. The number of aromatic carboxylic acids is 1. The van der Waals surface area contributed by atoms with E-state index in [0.717, 1.165) is 12.3 Å². The molecule has 0 radical (unpaired) electrons. The molecule has 0 aliphatic carbocycles. The zero-order valence-electron chi connectivity index (χ0n) is 10.2. The number of halogens is 1. The third-order valence-corrected chi connectivity index (χ3v) is 1.71. The lowest BCUT2D eigenvalue weighted by molar-refractivity contribution is 0.0631. The summed E-state index contributed by atoms with van der Waals surface area (Å²) in [4.78, 5) is 25.4. The van der Waals surface area contributed by atoms with E-state index in [2.05, 4.69) is 10.3 Å². The van der Waals surface area contributed by atoms with Gasteiger partial charge in [0.15, 0.2) is 5.82 Å². The van der Waals surface area contributed by atoms with Crippen molar-refractivity contribution in [3.8, 4) is 0 Å². The van der Waals surface area contributed by atoms with Crippen LogP contribution in [0.1, 0.15) is 31.3 Å². The molecule has 1 aromatic rings. The van der Waals surface area contributed by atoms with Crippen molar-refractivity contribution >= 4 is 17.7 Å². The second-order valence-electron chi connectivity index (χ2n) is 4.48. The summed E-state index contributed by atoms with van der Waals surface area (Å²) in [5.74, 6) is -2.16. The number of pyridine rings is 1. The number of nitrogens with zero attached hydrogens (tertiary/aromatic N) is 1. The van der Waals surface area contributed by atoms with Crippen LogP contribution in [0.25, 0.3) is 0 Å². The largest absolute Gasteiger partial charge is 0.477 e. The first-order valence-electron chi connectivity index (χ1n) is 5.08. The van der Waals surface area contributed by atoms with Crippen molar-refractivity contribution < 1.29 is 23.8 Å². The van der Waals surface area contributed by atoms with Crippen LogP contribution in [0.2, 0.25) is 0 Å². The number of aromatic nitrogens is 1. The maximum absolute atomic E-state index is 13.3. The SMILES string of the molecule is CC(C)(C)OC(=O)Nc1cc(C(=O)O)ncc1F. The Morgan fingerprint density at radius 2 is 2.06 bits per heavy atom. The van der Waals surface area contributed by atoms with Crippen LogP contribution in [0.4, 0.5) is 14.9 Å². The highest BCUT2D eigenvalue weighted by molar-refractivity contribution is 5.89. The molecule has 1 aromatic heterocycles. The van der Waals surface area contributed by atoms with Crippen LogP contribution in [0.15, 0.2) is 12.3 Å². The van der Waals surface area contributed by atoms with Gasteiger partial charge in [-0.2, -0.15) is 0 Å². The molecule has 0 saturated carbocycles. The molecule has 0 spiro atoms. The number of carboxylic acids is 1. The number of carboxylic acid groups (broad SMARTS) is 1. The molecular weight excluding hydrogens is 243 g/mol. The number of hydrogen-bond acceptors (Lipinski definition) is 4. The fourth-order valence-electron chi connectivity index (χ4n) is 1.07. The Bertz CT molecular complexity index is 482. The van der Waals surface area contributed by atoms with Crippen LogP contribution >= 0.6 is 0 Å². The van der Waals surface area contributed by atoms with Crippen LogP contribution < -0.4 is 5.32 Å². The van der Waals surface area contributed by atoms with E-state index < -0.39 is 23.5 Å². The minimum atomic E-state index is -1.32. The summed E-state index contributed by atoms with van der Waals surface area (Å²) in [6.45, 7) is 4.95. The van der Waals surface area contributed by atoms with Crippen molar-refractivity contribution in [1.82, 2.24) is 4.98 Å². The van der Waals surface area contributed by atoms with Gasteiger partial charge in [-0.25, -0.2) is 19.0 Å². The third-order valence-electron chi connectivity index (χ3n) is 1.71. The predicted molar refractivity (Wildman–Crippen MR) is 61.0 cm³/mol. The highest BCUT2D eigenvalue weighted by Crippen LogP contribution is 2.16. The van der Waals surface area contributed by atoms with Gasteiger partial charge in [-0.05, 0) is 26.8 Å². The van der Waals surface area contributed by atoms with Crippen molar-refractivity contribution in [2.45, 2.75) is 26.4 Å². The average Bonchev–Trinajstić information content (AvgIpc) is 2.18. The second kappa shape index (κ2) is 4.99. The van der Waals surface area contributed by atoms with Crippen molar-refractivity contribution in [1.29, 1.82) is 0 Å². The smallest absolute Gasteiger partial charge is 0.412 e. The molecule has 7 heteroatoms. The maximum atomic E-state index is 13.3. The Labute approximate surface area is 103 Å². The number of hydrogen-bond donors (Lipinski definition) is 2. The molecule has 1 heterocycles. The van der Waals surface area contributed by atoms with Gasteiger partial charge in [0, 0.05) is 0 Å². The quantitative estimate of drug-likeness (QED) is 0.847. The van der Waals surface area contributed by atoms with E-state index in [9.17, 15) is 14.0 Å². The van der Waals surface area contributed by atoms with E-state index in [4.69, 9.17) is 9.84 Å². The normalized spacial score (nSPS) is 10.9. The molecule has 6 nitrogen and oxygen atoms in total. The van der Waals surface area contributed by atoms with Crippen LogP contribution in [-0.4, -0.2) is 27.8 Å². The molecule has 0 bridgehead atoms. The fourth-order valence-corrected chi connectivity index (χ4v) is 1.07. The van der Waals surface area contributed by atoms with Gasteiger partial charge < -0.3 is 9.84 Å². The molecule has 0 aliphatic heterocycles. The zero-order chi connectivity index (χ0) is 13.9. The minimum Gasteiger partial charge on any atom is -0.477 e. The third kappa shape index (κ3) is 4.00. The highest BCUT2D eigenvalue weighted by Gasteiger charge is 2.18. The van der Waals surface area contributed by atoms with Crippen LogP contribution in [0, 0.1) is 5.82 Å². The Morgan fingerprint density at radius 3 is 2.56 bits per heavy atom. The lowest BCUT2D eigenvalue weighted by Gasteiger charge is -2.19. The van der Waals surface area contributed by atoms with Gasteiger partial charge in [0.05, 0.1) is 11.9 Å². The standard InChI is InChI=1S/C11H13FN2O4/c1-11(2,3)18-10(17)14-7-4-8(9(15)16)13-5-6(7)12/h4-5H,1-3H3,(H,15,16)(H,13,14,17). The van der Waals surface area contributed by atoms with Crippen molar-refractivity contribution in [2.75, 3.05) is 5.32 Å². The molecule has 0 atom stereocenters. The first kappa shape index (κ1) is 13.9. The first-order valence-corrected chi connectivity index (χ1v) is 5.08. The number of carbonyl (C=O) groups is 2. The van der Waals surface area contributed by atoms with Crippen LogP contribution in [0.5, 0.6) is 0 Å². The number of rotatable bonds is 2. The maximum Gasteiger partial charge on any atom is 0.412 e. The minimum absolute atomic E-state index is 0.295. The number of amides is 1. The molecule has 2 N–H and O–H groups in total. The van der Waals surface area contributed by atoms with E-state index >= 15 is 0 Å². The summed E-state index contributed by atoms with van der Waals surface area (Å²) in [6.07, 6.45) is -0.153. The van der Waals surface area contributed by atoms with Crippen LogP contribution in [0.3, 0.4) is 0 Å². The lowest BCUT2D eigenvalue weighted by atomic mass is 10.2. The van der Waals surface area contributed by atoms with E-state index in [1.165, 1.54) is 0 Å². The van der Waals surface area contributed by atoms with Crippen molar-refractivity contribution in [3.63, 3.8) is 0 Å². The van der Waals surface area contributed by atoms with Gasteiger partial charge in [0.2, 0.25) is 0 Å². The lowest BCUT2D eigenvalue weighted by Crippen LogP contribution is -2.27. The summed E-state index contributed by atoms with van der Waals surface area (Å²) in [5.41, 5.74) is -1.40.